The summed E-state index contributed by atoms with van der Waals surface area (Å²) in [6.07, 6.45) is 3.23. The quantitative estimate of drug-likeness (QED) is 0.789. The van der Waals surface area contributed by atoms with Crippen molar-refractivity contribution in [3.63, 3.8) is 0 Å². The van der Waals surface area contributed by atoms with Gasteiger partial charge in [-0.05, 0) is 29.3 Å². The highest BCUT2D eigenvalue weighted by Crippen LogP contribution is 2.32. The Morgan fingerprint density at radius 1 is 1.00 bits per heavy atom. The Morgan fingerprint density at radius 3 is 2.50 bits per heavy atom. The summed E-state index contributed by atoms with van der Waals surface area (Å²) < 4.78 is 0. The third-order valence-electron chi connectivity index (χ3n) is 4.45. The third kappa shape index (κ3) is 2.95. The molecule has 1 unspecified atom stereocenters. The van der Waals surface area contributed by atoms with Gasteiger partial charge in [-0.1, -0.05) is 48.5 Å². The number of anilines is 1. The molecule has 5 nitrogen and oxygen atoms in total. The third-order valence-corrected chi connectivity index (χ3v) is 4.45. The van der Waals surface area contributed by atoms with E-state index in [9.17, 15) is 9.59 Å². The molecule has 0 spiro atoms. The van der Waals surface area contributed by atoms with Crippen molar-refractivity contribution in [1.29, 1.82) is 0 Å². The molecule has 3 aromatic rings. The Bertz CT molecular complexity index is 942. The maximum Gasteiger partial charge on any atom is 0.255 e. The van der Waals surface area contributed by atoms with Gasteiger partial charge in [-0.15, -0.1) is 0 Å². The minimum Gasteiger partial charge on any atom is -0.323 e. The minimum atomic E-state index is -0.712. The number of carbonyl (C=O) groups excluding carboxylic acids is 2. The molecule has 0 saturated heterocycles. The van der Waals surface area contributed by atoms with Crippen LogP contribution in [0.15, 0.2) is 79.1 Å². The number of nitrogens with one attached hydrogen (secondary N) is 1. The summed E-state index contributed by atoms with van der Waals surface area (Å²) in [5.41, 5.74) is 2.97. The number of aromatic nitrogens is 1. The molecule has 0 aliphatic carbocycles. The van der Waals surface area contributed by atoms with E-state index in [1.54, 1.807) is 35.5 Å². The predicted molar refractivity (Wildman–Crippen MR) is 98.4 cm³/mol. The van der Waals surface area contributed by atoms with Gasteiger partial charge in [-0.25, -0.2) is 0 Å². The second-order valence-corrected chi connectivity index (χ2v) is 6.13. The van der Waals surface area contributed by atoms with Crippen LogP contribution in [0.3, 0.4) is 0 Å². The maximum absolute atomic E-state index is 13.1. The highest BCUT2D eigenvalue weighted by atomic mass is 16.2. The number of carbonyl (C=O) groups is 2. The predicted octanol–water partition coefficient (Wildman–Crippen LogP) is 3.42. The number of pyridine rings is 1. The number of rotatable bonds is 4. The molecule has 26 heavy (non-hydrogen) atoms. The van der Waals surface area contributed by atoms with Gasteiger partial charge in [0.2, 0.25) is 0 Å². The summed E-state index contributed by atoms with van der Waals surface area (Å²) in [5, 5.41) is 2.87. The van der Waals surface area contributed by atoms with E-state index in [2.05, 4.69) is 10.3 Å². The first-order valence-electron chi connectivity index (χ1n) is 8.39. The van der Waals surface area contributed by atoms with Crippen LogP contribution in [0.25, 0.3) is 0 Å². The Kier molecular flexibility index (Phi) is 4.19. The van der Waals surface area contributed by atoms with Crippen molar-refractivity contribution in [2.24, 2.45) is 0 Å². The number of nitrogens with zero attached hydrogens (tertiary/aromatic N) is 2. The molecule has 2 heterocycles. The lowest BCUT2D eigenvalue weighted by Crippen LogP contribution is -2.37. The summed E-state index contributed by atoms with van der Waals surface area (Å²) in [6.45, 7) is 0.412. The van der Waals surface area contributed by atoms with Crippen LogP contribution in [0.2, 0.25) is 0 Å². The lowest BCUT2D eigenvalue weighted by Gasteiger charge is -2.27. The molecule has 1 N–H and O–H groups in total. The standard InChI is InChI=1S/C21H17N3O2/c25-20(23-17-10-6-12-22-13-17)19(15-7-2-1-3-8-15)24-14-16-9-4-5-11-18(16)21(24)26/h1-13,19H,14H2,(H,23,25). The SMILES string of the molecule is O=C(Nc1cccnc1)C(c1ccccc1)N1Cc2ccccc2C1=O. The molecular formula is C21H17N3O2. The zero-order valence-electron chi connectivity index (χ0n) is 14.0. The molecule has 0 bridgehead atoms. The van der Waals surface area contributed by atoms with Crippen molar-refractivity contribution in [2.45, 2.75) is 12.6 Å². The normalized spacial score (nSPS) is 14.0. The largest absolute Gasteiger partial charge is 0.323 e. The molecule has 4 rings (SSSR count). The zero-order valence-corrected chi connectivity index (χ0v) is 14.0. The van der Waals surface area contributed by atoms with Crippen LogP contribution in [0, 0.1) is 0 Å². The van der Waals surface area contributed by atoms with Gasteiger partial charge >= 0.3 is 0 Å². The molecule has 1 aromatic heterocycles. The van der Waals surface area contributed by atoms with Gasteiger partial charge in [-0.3, -0.25) is 14.6 Å². The van der Waals surface area contributed by atoms with E-state index < -0.39 is 6.04 Å². The Morgan fingerprint density at radius 2 is 1.77 bits per heavy atom. The van der Waals surface area contributed by atoms with Crippen LogP contribution in [-0.4, -0.2) is 21.7 Å². The van der Waals surface area contributed by atoms with Gasteiger partial charge in [0.25, 0.3) is 11.8 Å². The molecule has 1 aliphatic rings. The van der Waals surface area contributed by atoms with Crippen LogP contribution >= 0.6 is 0 Å². The number of benzene rings is 2. The number of fused-ring (bicyclic) bond motifs is 1. The second kappa shape index (κ2) is 6.80. The van der Waals surface area contributed by atoms with Crippen molar-refractivity contribution < 1.29 is 9.59 Å². The molecule has 0 fully saturated rings. The van der Waals surface area contributed by atoms with Gasteiger partial charge in [0, 0.05) is 18.3 Å². The monoisotopic (exact) mass is 343 g/mol. The topological polar surface area (TPSA) is 62.3 Å². The molecule has 1 atom stereocenters. The van der Waals surface area contributed by atoms with Gasteiger partial charge in [-0.2, -0.15) is 0 Å². The lowest BCUT2D eigenvalue weighted by molar-refractivity contribution is -0.120. The van der Waals surface area contributed by atoms with Crippen molar-refractivity contribution in [1.82, 2.24) is 9.88 Å². The van der Waals surface area contributed by atoms with Crippen LogP contribution < -0.4 is 5.32 Å². The number of amides is 2. The van der Waals surface area contributed by atoms with Crippen LogP contribution in [0.4, 0.5) is 5.69 Å². The minimum absolute atomic E-state index is 0.129. The van der Waals surface area contributed by atoms with Gasteiger partial charge in [0.15, 0.2) is 0 Å². The molecule has 128 valence electrons. The fourth-order valence-corrected chi connectivity index (χ4v) is 3.24. The van der Waals surface area contributed by atoms with Crippen molar-refractivity contribution in [3.8, 4) is 0 Å². The molecule has 1 aliphatic heterocycles. The van der Waals surface area contributed by atoms with E-state index in [1.807, 2.05) is 48.5 Å². The van der Waals surface area contributed by atoms with Crippen LogP contribution in [-0.2, 0) is 11.3 Å². The van der Waals surface area contributed by atoms with Gasteiger partial charge in [0.05, 0.1) is 11.9 Å². The van der Waals surface area contributed by atoms with Crippen molar-refractivity contribution >= 4 is 17.5 Å². The van der Waals surface area contributed by atoms with E-state index in [0.29, 0.717) is 17.8 Å². The van der Waals surface area contributed by atoms with Crippen LogP contribution in [0.1, 0.15) is 27.5 Å². The maximum atomic E-state index is 13.1. The average molecular weight is 343 g/mol. The van der Waals surface area contributed by atoms with E-state index in [4.69, 9.17) is 0 Å². The molecule has 2 amide bonds. The summed E-state index contributed by atoms with van der Waals surface area (Å²) in [6, 6.07) is 19.6. The summed E-state index contributed by atoms with van der Waals surface area (Å²) in [7, 11) is 0. The molecule has 0 saturated carbocycles. The second-order valence-electron chi connectivity index (χ2n) is 6.13. The van der Waals surface area contributed by atoms with E-state index >= 15 is 0 Å². The average Bonchev–Trinajstić information content (AvgIpc) is 3.00. The van der Waals surface area contributed by atoms with Gasteiger partial charge in [0.1, 0.15) is 6.04 Å². The van der Waals surface area contributed by atoms with E-state index in [-0.39, 0.29) is 11.8 Å². The van der Waals surface area contributed by atoms with Crippen LogP contribution in [0.5, 0.6) is 0 Å². The first-order valence-corrected chi connectivity index (χ1v) is 8.39. The fourth-order valence-electron chi connectivity index (χ4n) is 3.24. The summed E-state index contributed by atoms with van der Waals surface area (Å²) in [5.74, 6) is -0.388. The molecule has 0 radical (unpaired) electrons. The highest BCUT2D eigenvalue weighted by Gasteiger charge is 2.37. The van der Waals surface area contributed by atoms with Crippen molar-refractivity contribution in [2.75, 3.05) is 5.32 Å². The summed E-state index contributed by atoms with van der Waals surface area (Å²) in [4.78, 5) is 31.6. The Balaban J connectivity index is 1.69. The molecule has 2 aromatic carbocycles. The lowest BCUT2D eigenvalue weighted by atomic mass is 10.0. The smallest absolute Gasteiger partial charge is 0.255 e. The van der Waals surface area contributed by atoms with E-state index in [1.165, 1.54) is 0 Å². The Labute approximate surface area is 151 Å². The highest BCUT2D eigenvalue weighted by molar-refractivity contribution is 6.03. The first-order chi connectivity index (χ1) is 12.7. The Hall–Kier alpha value is -3.47. The van der Waals surface area contributed by atoms with Crippen molar-refractivity contribution in [3.05, 3.63) is 95.8 Å². The fraction of sp³-hybridized carbons (Fsp3) is 0.0952. The van der Waals surface area contributed by atoms with Gasteiger partial charge < -0.3 is 10.2 Å². The summed E-state index contributed by atoms with van der Waals surface area (Å²) >= 11 is 0. The number of hydrogen-bond donors (Lipinski definition) is 1. The molecule has 5 heteroatoms. The zero-order chi connectivity index (χ0) is 17.9. The number of hydrogen-bond acceptors (Lipinski definition) is 3. The van der Waals surface area contributed by atoms with E-state index in [0.717, 1.165) is 11.1 Å². The first kappa shape index (κ1) is 16.0. The molecular weight excluding hydrogens is 326 g/mol.